The average molecular weight is 829 g/mol. The molecule has 0 atom stereocenters. The number of hydrogen-bond donors (Lipinski definition) is 0. The average Bonchev–Trinajstić information content (AvgIpc) is 3.59. The summed E-state index contributed by atoms with van der Waals surface area (Å²) in [5.74, 6) is 0. The van der Waals surface area contributed by atoms with E-state index in [0.29, 0.717) is 0 Å². The van der Waals surface area contributed by atoms with Gasteiger partial charge in [0.15, 0.2) is 5.58 Å². The maximum atomic E-state index is 7.39. The Morgan fingerprint density at radius 1 is 0.508 bits per heavy atom. The molecular weight excluding hydrogens is 763 g/mol. The van der Waals surface area contributed by atoms with E-state index >= 15 is 0 Å². The van der Waals surface area contributed by atoms with E-state index in [1.807, 2.05) is 0 Å². The normalized spacial score (nSPS) is 18.8. The zero-order valence-corrected chi connectivity index (χ0v) is 40.4. The van der Waals surface area contributed by atoms with E-state index in [1.165, 1.54) is 131 Å². The van der Waals surface area contributed by atoms with Crippen LogP contribution in [0.1, 0.15) is 146 Å². The Bertz CT molecular complexity index is 3110. The Morgan fingerprint density at radius 3 is 1.70 bits per heavy atom. The molecule has 6 aromatic carbocycles. The van der Waals surface area contributed by atoms with Crippen molar-refractivity contribution in [3.05, 3.63) is 136 Å². The van der Waals surface area contributed by atoms with Crippen LogP contribution in [-0.2, 0) is 27.1 Å². The van der Waals surface area contributed by atoms with Crippen LogP contribution < -0.4 is 26.2 Å². The molecule has 0 fully saturated rings. The van der Waals surface area contributed by atoms with Crippen molar-refractivity contribution in [2.75, 3.05) is 9.80 Å². The maximum Gasteiger partial charge on any atom is 0.252 e. The lowest BCUT2D eigenvalue weighted by molar-refractivity contribution is 0.332. The summed E-state index contributed by atoms with van der Waals surface area (Å²) in [4.78, 5) is 5.22. The van der Waals surface area contributed by atoms with E-state index in [0.717, 1.165) is 11.2 Å². The molecule has 3 nitrogen and oxygen atoms in total. The molecule has 0 spiro atoms. The van der Waals surface area contributed by atoms with Gasteiger partial charge in [0, 0.05) is 39.2 Å². The highest BCUT2D eigenvalue weighted by Crippen LogP contribution is 2.54. The van der Waals surface area contributed by atoms with Crippen LogP contribution >= 0.6 is 0 Å². The van der Waals surface area contributed by atoms with E-state index in [-0.39, 0.29) is 33.8 Å². The van der Waals surface area contributed by atoms with E-state index in [2.05, 4.69) is 198 Å². The second-order valence-corrected chi connectivity index (χ2v) is 23.7. The van der Waals surface area contributed by atoms with Gasteiger partial charge < -0.3 is 14.2 Å². The van der Waals surface area contributed by atoms with Crippen molar-refractivity contribution in [1.29, 1.82) is 0 Å². The van der Waals surface area contributed by atoms with Gasteiger partial charge in [-0.1, -0.05) is 125 Å². The van der Waals surface area contributed by atoms with E-state index < -0.39 is 0 Å². The van der Waals surface area contributed by atoms with E-state index in [1.54, 1.807) is 0 Å². The van der Waals surface area contributed by atoms with Gasteiger partial charge in [0.2, 0.25) is 0 Å². The van der Waals surface area contributed by atoms with Crippen LogP contribution in [0.5, 0.6) is 0 Å². The zero-order chi connectivity index (χ0) is 44.5. The molecule has 2 aliphatic carbocycles. The summed E-state index contributed by atoms with van der Waals surface area (Å²) < 4.78 is 7.39. The highest BCUT2D eigenvalue weighted by atomic mass is 16.3. The van der Waals surface area contributed by atoms with Gasteiger partial charge in [0.1, 0.15) is 5.58 Å². The third-order valence-electron chi connectivity index (χ3n) is 16.4. The quantitative estimate of drug-likeness (QED) is 0.162. The topological polar surface area (TPSA) is 19.6 Å². The van der Waals surface area contributed by atoms with Gasteiger partial charge in [-0.15, -0.1) is 0 Å². The molecule has 0 unspecified atom stereocenters. The number of aryl methyl sites for hydroxylation is 3. The molecule has 4 aliphatic rings. The molecule has 0 N–H and O–H groups in total. The highest BCUT2D eigenvalue weighted by Gasteiger charge is 2.48. The lowest BCUT2D eigenvalue weighted by Gasteiger charge is -2.47. The standard InChI is InChI=1S/C59H65BN2O/c1-34-27-49-52-50(28-34)62(46-18-16-15-17-35(46)2)53-44(21-20-38-39-30-40-43(33-51(39)63-54(38)53)59(13,14)26-23-56(40,7)8)60(52)45-31-41-42(58(11,12)25-24-57(41,9)10)32-48(45)61(49)47-22-19-37(29-36(47)3)55(4,5)6/h15-22,27-33H,23-26H2,1-14H3. The van der Waals surface area contributed by atoms with Gasteiger partial charge in [-0.3, -0.25) is 0 Å². The van der Waals surface area contributed by atoms with Crippen LogP contribution in [0, 0.1) is 20.8 Å². The monoisotopic (exact) mass is 829 g/mol. The van der Waals surface area contributed by atoms with Crippen molar-refractivity contribution in [2.45, 2.75) is 150 Å². The summed E-state index contributed by atoms with van der Waals surface area (Å²) in [7, 11) is 0. The second kappa shape index (κ2) is 13.0. The molecule has 11 rings (SSSR count). The predicted molar refractivity (Wildman–Crippen MR) is 271 cm³/mol. The van der Waals surface area contributed by atoms with Crippen molar-refractivity contribution >= 4 is 79.2 Å². The molecule has 0 amide bonds. The molecular formula is C59H65BN2O. The molecule has 0 radical (unpaired) electrons. The fourth-order valence-corrected chi connectivity index (χ4v) is 12.3. The Labute approximate surface area is 377 Å². The second-order valence-electron chi connectivity index (χ2n) is 23.7. The molecule has 4 heteroatoms. The summed E-state index contributed by atoms with van der Waals surface area (Å²) in [6.45, 7) is 33.4. The van der Waals surface area contributed by atoms with E-state index in [9.17, 15) is 0 Å². The summed E-state index contributed by atoms with van der Waals surface area (Å²) >= 11 is 0. The minimum Gasteiger partial charge on any atom is -0.454 e. The van der Waals surface area contributed by atoms with Crippen molar-refractivity contribution in [3.63, 3.8) is 0 Å². The van der Waals surface area contributed by atoms with Crippen LogP contribution in [0.4, 0.5) is 34.1 Å². The molecule has 7 aromatic rings. The minimum absolute atomic E-state index is 0.00101. The summed E-state index contributed by atoms with van der Waals surface area (Å²) in [5, 5.41) is 2.42. The third kappa shape index (κ3) is 5.78. The first-order chi connectivity index (χ1) is 29.6. The Balaban J connectivity index is 1.28. The van der Waals surface area contributed by atoms with Crippen molar-refractivity contribution in [3.8, 4) is 0 Å². The van der Waals surface area contributed by atoms with Crippen molar-refractivity contribution in [2.24, 2.45) is 0 Å². The first-order valence-corrected chi connectivity index (χ1v) is 23.7. The third-order valence-corrected chi connectivity index (χ3v) is 16.4. The molecule has 320 valence electrons. The Kier molecular flexibility index (Phi) is 8.34. The molecule has 1 aromatic heterocycles. The highest BCUT2D eigenvalue weighted by molar-refractivity contribution is 7.00. The number of fused-ring (bicyclic) bond motifs is 10. The van der Waals surface area contributed by atoms with Crippen LogP contribution in [-0.4, -0.2) is 6.71 Å². The number of benzene rings is 6. The maximum absolute atomic E-state index is 7.39. The van der Waals surface area contributed by atoms with Crippen molar-refractivity contribution in [1.82, 2.24) is 0 Å². The summed E-state index contributed by atoms with van der Waals surface area (Å²) in [6, 6.07) is 36.1. The number of anilines is 6. The van der Waals surface area contributed by atoms with Gasteiger partial charge in [-0.25, -0.2) is 0 Å². The molecule has 3 heterocycles. The van der Waals surface area contributed by atoms with Gasteiger partial charge >= 0.3 is 0 Å². The number of rotatable bonds is 2. The van der Waals surface area contributed by atoms with Crippen LogP contribution in [0.25, 0.3) is 21.9 Å². The molecule has 0 bridgehead atoms. The van der Waals surface area contributed by atoms with Gasteiger partial charge in [-0.05, 0) is 177 Å². The molecule has 2 aliphatic heterocycles. The molecule has 0 saturated heterocycles. The van der Waals surface area contributed by atoms with Gasteiger partial charge in [-0.2, -0.15) is 0 Å². The van der Waals surface area contributed by atoms with Gasteiger partial charge in [0.05, 0.1) is 5.69 Å². The van der Waals surface area contributed by atoms with Crippen molar-refractivity contribution < 1.29 is 4.42 Å². The molecule has 0 saturated carbocycles. The fourth-order valence-electron chi connectivity index (χ4n) is 12.3. The predicted octanol–water partition coefficient (Wildman–Crippen LogP) is 14.6. The number of furan rings is 1. The number of para-hydroxylation sites is 1. The largest absolute Gasteiger partial charge is 0.454 e. The first-order valence-electron chi connectivity index (χ1n) is 23.7. The Hall–Kier alpha value is -5.22. The lowest BCUT2D eigenvalue weighted by Crippen LogP contribution is -2.62. The van der Waals surface area contributed by atoms with Crippen LogP contribution in [0.15, 0.2) is 95.4 Å². The smallest absolute Gasteiger partial charge is 0.252 e. The molecule has 63 heavy (non-hydrogen) atoms. The zero-order valence-electron chi connectivity index (χ0n) is 40.4. The van der Waals surface area contributed by atoms with E-state index in [4.69, 9.17) is 4.42 Å². The fraction of sp³-hybridized carbons (Fsp3) is 0.390. The van der Waals surface area contributed by atoms with Crippen LogP contribution in [0.3, 0.4) is 0 Å². The summed E-state index contributed by atoms with van der Waals surface area (Å²) in [6.07, 6.45) is 4.69. The Morgan fingerprint density at radius 2 is 1.08 bits per heavy atom. The van der Waals surface area contributed by atoms with Crippen LogP contribution in [0.2, 0.25) is 0 Å². The lowest BCUT2D eigenvalue weighted by atomic mass is 9.33. The number of nitrogens with zero attached hydrogens (tertiary/aromatic N) is 2. The summed E-state index contributed by atoms with van der Waals surface area (Å²) in [5.41, 5.74) is 24.8. The van der Waals surface area contributed by atoms with Gasteiger partial charge in [0.25, 0.3) is 6.71 Å². The SMILES string of the molecule is Cc1cc2c3c(c1)N(c1ccccc1C)c1c(ccc4c1oc1cc5c(cc14)C(C)(C)CCC5(C)C)B3c1cc3c(cc1N2c1ccc(C(C)(C)C)cc1C)C(C)(C)CCC3(C)C. The minimum atomic E-state index is 0.00101. The number of hydrogen-bond acceptors (Lipinski definition) is 3. The first kappa shape index (κ1) is 40.6.